The minimum atomic E-state index is -0.411. The molecule has 1 unspecified atom stereocenters. The van der Waals surface area contributed by atoms with Gasteiger partial charge in [-0.25, -0.2) is 0 Å². The van der Waals surface area contributed by atoms with Crippen LogP contribution < -0.4 is 5.32 Å². The summed E-state index contributed by atoms with van der Waals surface area (Å²) in [6.07, 6.45) is 3.72. The van der Waals surface area contributed by atoms with Crippen LogP contribution in [0.3, 0.4) is 0 Å². The summed E-state index contributed by atoms with van der Waals surface area (Å²) in [5.41, 5.74) is 0.906. The molecule has 1 aliphatic rings. The lowest BCUT2D eigenvalue weighted by Gasteiger charge is -2.40. The van der Waals surface area contributed by atoms with Gasteiger partial charge in [0.1, 0.15) is 6.04 Å². The first-order chi connectivity index (χ1) is 8.66. The quantitative estimate of drug-likeness (QED) is 0.881. The Kier molecular flexibility index (Phi) is 3.66. The molecule has 1 aromatic carbocycles. The summed E-state index contributed by atoms with van der Waals surface area (Å²) in [6, 6.07) is 11.7. The molecule has 1 fully saturated rings. The van der Waals surface area contributed by atoms with Gasteiger partial charge in [0.25, 0.3) is 0 Å². The topological polar surface area (TPSA) is 52.9 Å². The Morgan fingerprint density at radius 2 is 2.11 bits per heavy atom. The molecule has 1 aromatic rings. The molecule has 3 nitrogen and oxygen atoms in total. The standard InChI is InChI=1S/C15H18N2O/c1-12(11-16)17-14(18)15(8-5-9-15)10-13-6-3-2-4-7-13/h2-4,6-7,12H,5,8-10H2,1H3,(H,17,18). The van der Waals surface area contributed by atoms with Gasteiger partial charge in [0.05, 0.1) is 11.5 Å². The van der Waals surface area contributed by atoms with Crippen molar-refractivity contribution in [3.63, 3.8) is 0 Å². The fourth-order valence-corrected chi connectivity index (χ4v) is 2.46. The summed E-state index contributed by atoms with van der Waals surface area (Å²) in [4.78, 5) is 12.3. The first-order valence-electron chi connectivity index (χ1n) is 6.41. The summed E-state index contributed by atoms with van der Waals surface area (Å²) in [7, 11) is 0. The van der Waals surface area contributed by atoms with Gasteiger partial charge in [-0.05, 0) is 31.7 Å². The number of hydrogen-bond acceptors (Lipinski definition) is 2. The van der Waals surface area contributed by atoms with Gasteiger partial charge < -0.3 is 5.32 Å². The van der Waals surface area contributed by atoms with Crippen molar-refractivity contribution in [2.75, 3.05) is 0 Å². The lowest BCUT2D eigenvalue weighted by atomic mass is 9.64. The minimum Gasteiger partial charge on any atom is -0.340 e. The molecule has 3 heteroatoms. The SMILES string of the molecule is CC(C#N)NC(=O)C1(Cc2ccccc2)CCC1. The molecule has 1 saturated carbocycles. The van der Waals surface area contributed by atoms with E-state index >= 15 is 0 Å². The molecule has 94 valence electrons. The summed E-state index contributed by atoms with van der Waals surface area (Å²) in [5.74, 6) is 0.0339. The van der Waals surface area contributed by atoms with E-state index in [0.717, 1.165) is 25.7 Å². The smallest absolute Gasteiger partial charge is 0.227 e. The van der Waals surface area contributed by atoms with E-state index in [4.69, 9.17) is 5.26 Å². The van der Waals surface area contributed by atoms with Crippen LogP contribution in [0.15, 0.2) is 30.3 Å². The Morgan fingerprint density at radius 1 is 1.44 bits per heavy atom. The van der Waals surface area contributed by atoms with E-state index in [1.54, 1.807) is 6.92 Å². The molecule has 1 amide bonds. The summed E-state index contributed by atoms with van der Waals surface area (Å²) >= 11 is 0. The maximum absolute atomic E-state index is 12.3. The zero-order chi connectivity index (χ0) is 13.0. The second-order valence-corrected chi connectivity index (χ2v) is 5.12. The Bertz CT molecular complexity index is 457. The summed E-state index contributed by atoms with van der Waals surface area (Å²) in [6.45, 7) is 1.72. The summed E-state index contributed by atoms with van der Waals surface area (Å²) in [5, 5.41) is 11.6. The lowest BCUT2D eigenvalue weighted by Crippen LogP contribution is -2.49. The van der Waals surface area contributed by atoms with E-state index in [2.05, 4.69) is 17.4 Å². The number of hydrogen-bond donors (Lipinski definition) is 1. The third kappa shape index (κ3) is 2.53. The Morgan fingerprint density at radius 3 is 2.61 bits per heavy atom. The second-order valence-electron chi connectivity index (χ2n) is 5.12. The van der Waals surface area contributed by atoms with Crippen LogP contribution >= 0.6 is 0 Å². The van der Waals surface area contributed by atoms with Crippen LogP contribution in [-0.4, -0.2) is 11.9 Å². The molecule has 1 aliphatic carbocycles. The van der Waals surface area contributed by atoms with Gasteiger partial charge >= 0.3 is 0 Å². The number of nitrogens with zero attached hydrogens (tertiary/aromatic N) is 1. The fraction of sp³-hybridized carbons (Fsp3) is 0.467. The number of nitrogens with one attached hydrogen (secondary N) is 1. The predicted molar refractivity (Wildman–Crippen MR) is 69.6 cm³/mol. The lowest BCUT2D eigenvalue weighted by molar-refractivity contribution is -0.136. The van der Waals surface area contributed by atoms with Gasteiger partial charge in [0.2, 0.25) is 5.91 Å². The monoisotopic (exact) mass is 242 g/mol. The van der Waals surface area contributed by atoms with Crippen molar-refractivity contribution in [3.05, 3.63) is 35.9 Å². The van der Waals surface area contributed by atoms with Crippen LogP contribution in [0.2, 0.25) is 0 Å². The molecule has 0 heterocycles. The number of amides is 1. The molecule has 0 aliphatic heterocycles. The molecule has 2 rings (SSSR count). The first kappa shape index (κ1) is 12.6. The summed E-state index contributed by atoms with van der Waals surface area (Å²) < 4.78 is 0. The van der Waals surface area contributed by atoms with E-state index in [-0.39, 0.29) is 11.3 Å². The van der Waals surface area contributed by atoms with Gasteiger partial charge in [-0.15, -0.1) is 0 Å². The van der Waals surface area contributed by atoms with Gasteiger partial charge in [-0.2, -0.15) is 5.26 Å². The number of carbonyl (C=O) groups is 1. The van der Waals surface area contributed by atoms with E-state index in [9.17, 15) is 4.79 Å². The zero-order valence-electron chi connectivity index (χ0n) is 10.6. The van der Waals surface area contributed by atoms with Crippen LogP contribution in [0.25, 0.3) is 0 Å². The Balaban J connectivity index is 2.07. The van der Waals surface area contributed by atoms with Crippen LogP contribution in [0.1, 0.15) is 31.7 Å². The van der Waals surface area contributed by atoms with Gasteiger partial charge in [-0.3, -0.25) is 4.79 Å². The van der Waals surface area contributed by atoms with Gasteiger partial charge in [0.15, 0.2) is 0 Å². The third-order valence-electron chi connectivity index (χ3n) is 3.72. The molecule has 0 spiro atoms. The van der Waals surface area contributed by atoms with Crippen LogP contribution in [0.5, 0.6) is 0 Å². The van der Waals surface area contributed by atoms with Crippen molar-refractivity contribution in [3.8, 4) is 6.07 Å². The number of nitriles is 1. The molecule has 0 radical (unpaired) electrons. The van der Waals surface area contributed by atoms with Gasteiger partial charge in [-0.1, -0.05) is 36.8 Å². The van der Waals surface area contributed by atoms with Crippen molar-refractivity contribution in [1.82, 2.24) is 5.32 Å². The maximum Gasteiger partial charge on any atom is 0.227 e. The number of carbonyl (C=O) groups excluding carboxylic acids is 1. The molecule has 1 atom stereocenters. The maximum atomic E-state index is 12.3. The highest BCUT2D eigenvalue weighted by molar-refractivity contribution is 5.84. The van der Waals surface area contributed by atoms with Crippen LogP contribution in [0.4, 0.5) is 0 Å². The highest BCUT2D eigenvalue weighted by Crippen LogP contribution is 2.44. The highest BCUT2D eigenvalue weighted by atomic mass is 16.2. The predicted octanol–water partition coefficient (Wildman–Crippen LogP) is 2.43. The largest absolute Gasteiger partial charge is 0.340 e. The fourth-order valence-electron chi connectivity index (χ4n) is 2.46. The van der Waals surface area contributed by atoms with E-state index in [0.29, 0.717) is 0 Å². The Hall–Kier alpha value is -1.82. The third-order valence-corrected chi connectivity index (χ3v) is 3.72. The van der Waals surface area contributed by atoms with Crippen molar-refractivity contribution in [2.45, 2.75) is 38.6 Å². The molecular formula is C15H18N2O. The van der Waals surface area contributed by atoms with E-state index in [1.165, 1.54) is 5.56 Å². The first-order valence-corrected chi connectivity index (χ1v) is 6.41. The zero-order valence-corrected chi connectivity index (χ0v) is 10.6. The minimum absolute atomic E-state index is 0.0339. The Labute approximate surface area is 108 Å². The van der Waals surface area contributed by atoms with Gasteiger partial charge in [0, 0.05) is 0 Å². The molecule has 0 bridgehead atoms. The molecule has 0 aromatic heterocycles. The number of rotatable bonds is 4. The normalized spacial score (nSPS) is 18.2. The number of benzene rings is 1. The van der Waals surface area contributed by atoms with E-state index in [1.807, 2.05) is 24.3 Å². The average molecular weight is 242 g/mol. The molecule has 0 saturated heterocycles. The second kappa shape index (κ2) is 5.22. The molecular weight excluding hydrogens is 224 g/mol. The van der Waals surface area contributed by atoms with Crippen LogP contribution in [0, 0.1) is 16.7 Å². The van der Waals surface area contributed by atoms with E-state index < -0.39 is 6.04 Å². The average Bonchev–Trinajstić information content (AvgIpc) is 2.34. The van der Waals surface area contributed by atoms with Crippen molar-refractivity contribution in [2.24, 2.45) is 5.41 Å². The van der Waals surface area contributed by atoms with Crippen molar-refractivity contribution < 1.29 is 4.79 Å². The highest BCUT2D eigenvalue weighted by Gasteiger charge is 2.44. The molecule has 18 heavy (non-hydrogen) atoms. The van der Waals surface area contributed by atoms with Crippen LogP contribution in [-0.2, 0) is 11.2 Å². The van der Waals surface area contributed by atoms with Crippen molar-refractivity contribution in [1.29, 1.82) is 5.26 Å². The molecule has 1 N–H and O–H groups in total. The van der Waals surface area contributed by atoms with Crippen molar-refractivity contribution >= 4 is 5.91 Å².